The van der Waals surface area contributed by atoms with E-state index in [4.69, 9.17) is 11.6 Å². The van der Waals surface area contributed by atoms with Gasteiger partial charge in [-0.2, -0.15) is 0 Å². The third kappa shape index (κ3) is 3.89. The molecule has 0 radical (unpaired) electrons. The molecular weight excluding hydrogens is 337 g/mol. The number of benzene rings is 3. The first-order chi connectivity index (χ1) is 12.1. The lowest BCUT2D eigenvalue weighted by Crippen LogP contribution is -2.26. The zero-order chi connectivity index (χ0) is 17.8. The molecule has 3 aromatic carbocycles. The van der Waals surface area contributed by atoms with Crippen LogP contribution in [0.3, 0.4) is 0 Å². The van der Waals surface area contributed by atoms with Gasteiger partial charge in [-0.05, 0) is 35.4 Å². The minimum atomic E-state index is -0.411. The number of rotatable bonds is 4. The van der Waals surface area contributed by atoms with E-state index in [0.717, 1.165) is 11.1 Å². The van der Waals surface area contributed by atoms with Crippen LogP contribution in [0.1, 0.15) is 15.9 Å². The van der Waals surface area contributed by atoms with Crippen molar-refractivity contribution >= 4 is 17.5 Å². The molecule has 4 heteroatoms. The zero-order valence-corrected chi connectivity index (χ0v) is 14.5. The molecule has 0 aliphatic carbocycles. The quantitative estimate of drug-likeness (QED) is 0.613. The normalized spacial score (nSPS) is 10.5. The molecule has 0 atom stereocenters. The monoisotopic (exact) mass is 353 g/mol. The van der Waals surface area contributed by atoms with Crippen molar-refractivity contribution in [3.63, 3.8) is 0 Å². The molecular formula is C21H17ClFNO. The number of halogens is 2. The van der Waals surface area contributed by atoms with E-state index in [1.807, 2.05) is 42.5 Å². The average Bonchev–Trinajstić information content (AvgIpc) is 2.65. The number of nitrogens with zero attached hydrogens (tertiary/aromatic N) is 1. The van der Waals surface area contributed by atoms with Gasteiger partial charge in [-0.25, -0.2) is 4.39 Å². The first kappa shape index (κ1) is 17.2. The van der Waals surface area contributed by atoms with Gasteiger partial charge in [-0.3, -0.25) is 4.79 Å². The highest BCUT2D eigenvalue weighted by atomic mass is 35.5. The Morgan fingerprint density at radius 1 is 0.920 bits per heavy atom. The maximum Gasteiger partial charge on any atom is 0.253 e. The van der Waals surface area contributed by atoms with Crippen molar-refractivity contribution in [1.29, 1.82) is 0 Å². The molecule has 0 fully saturated rings. The third-order valence-electron chi connectivity index (χ3n) is 4.04. The minimum Gasteiger partial charge on any atom is -0.337 e. The molecule has 0 unspecified atom stereocenters. The Labute approximate surface area is 151 Å². The predicted octanol–water partition coefficient (Wildman–Crippen LogP) is 5.42. The molecule has 0 heterocycles. The number of hydrogen-bond acceptors (Lipinski definition) is 1. The summed E-state index contributed by atoms with van der Waals surface area (Å²) in [6, 6.07) is 21.8. The molecule has 0 aromatic heterocycles. The van der Waals surface area contributed by atoms with E-state index in [2.05, 4.69) is 0 Å². The van der Waals surface area contributed by atoms with Crippen molar-refractivity contribution in [2.24, 2.45) is 0 Å². The van der Waals surface area contributed by atoms with Gasteiger partial charge in [0, 0.05) is 29.7 Å². The third-order valence-corrected chi connectivity index (χ3v) is 4.40. The van der Waals surface area contributed by atoms with E-state index in [0.29, 0.717) is 16.1 Å². The van der Waals surface area contributed by atoms with E-state index in [1.54, 1.807) is 31.3 Å². The lowest BCUT2D eigenvalue weighted by Gasteiger charge is -2.18. The summed E-state index contributed by atoms with van der Waals surface area (Å²) in [4.78, 5) is 14.0. The lowest BCUT2D eigenvalue weighted by atomic mass is 10.0. The van der Waals surface area contributed by atoms with Crippen LogP contribution in [0, 0.1) is 5.82 Å². The molecule has 3 rings (SSSR count). The highest BCUT2D eigenvalue weighted by Gasteiger charge is 2.16. The van der Waals surface area contributed by atoms with Crippen LogP contribution in [0.4, 0.5) is 4.39 Å². The Kier molecular flexibility index (Phi) is 5.15. The van der Waals surface area contributed by atoms with E-state index < -0.39 is 5.82 Å². The van der Waals surface area contributed by atoms with E-state index in [-0.39, 0.29) is 12.5 Å². The number of carbonyl (C=O) groups is 1. The van der Waals surface area contributed by atoms with Gasteiger partial charge in [0.15, 0.2) is 0 Å². The van der Waals surface area contributed by atoms with Crippen LogP contribution in [0.15, 0.2) is 72.8 Å². The van der Waals surface area contributed by atoms with Gasteiger partial charge in [-0.1, -0.05) is 60.1 Å². The van der Waals surface area contributed by atoms with E-state index in [9.17, 15) is 9.18 Å². The van der Waals surface area contributed by atoms with Crippen LogP contribution < -0.4 is 0 Å². The fourth-order valence-corrected chi connectivity index (χ4v) is 2.87. The number of amides is 1. The number of carbonyl (C=O) groups excluding carboxylic acids is 1. The Bertz CT molecular complexity index is 858. The molecule has 0 bridgehead atoms. The average molecular weight is 354 g/mol. The fourth-order valence-electron chi connectivity index (χ4n) is 2.65. The highest BCUT2D eigenvalue weighted by Crippen LogP contribution is 2.22. The molecule has 0 saturated heterocycles. The highest BCUT2D eigenvalue weighted by molar-refractivity contribution is 6.31. The second-order valence-electron chi connectivity index (χ2n) is 5.80. The molecule has 2 nitrogen and oxygen atoms in total. The second kappa shape index (κ2) is 7.49. The smallest absolute Gasteiger partial charge is 0.253 e. The second-order valence-corrected chi connectivity index (χ2v) is 6.21. The molecule has 0 aliphatic heterocycles. The largest absolute Gasteiger partial charge is 0.337 e. The van der Waals surface area contributed by atoms with Crippen molar-refractivity contribution in [2.75, 3.05) is 7.05 Å². The van der Waals surface area contributed by atoms with Crippen LogP contribution in [-0.4, -0.2) is 17.9 Å². The molecule has 1 amide bonds. The Morgan fingerprint density at radius 2 is 1.56 bits per heavy atom. The summed E-state index contributed by atoms with van der Waals surface area (Å²) in [7, 11) is 1.64. The maximum atomic E-state index is 13.9. The number of hydrogen-bond donors (Lipinski definition) is 0. The van der Waals surface area contributed by atoms with Crippen molar-refractivity contribution in [2.45, 2.75) is 6.54 Å². The van der Waals surface area contributed by atoms with Gasteiger partial charge in [0.2, 0.25) is 0 Å². The Morgan fingerprint density at radius 3 is 2.20 bits per heavy atom. The summed E-state index contributed by atoms with van der Waals surface area (Å²) in [5.41, 5.74) is 3.00. The molecule has 126 valence electrons. The van der Waals surface area contributed by atoms with Gasteiger partial charge in [0.1, 0.15) is 5.82 Å². The Balaban J connectivity index is 1.76. The van der Waals surface area contributed by atoms with Crippen molar-refractivity contribution in [3.05, 3.63) is 94.8 Å². The summed E-state index contributed by atoms with van der Waals surface area (Å²) in [6.45, 7) is 0.116. The molecule has 0 spiro atoms. The molecule has 0 N–H and O–H groups in total. The lowest BCUT2D eigenvalue weighted by molar-refractivity contribution is 0.0784. The summed E-state index contributed by atoms with van der Waals surface area (Å²) < 4.78 is 13.9. The van der Waals surface area contributed by atoms with Crippen molar-refractivity contribution in [3.8, 4) is 11.1 Å². The molecule has 25 heavy (non-hydrogen) atoms. The molecule has 0 saturated carbocycles. The SMILES string of the molecule is CN(Cc1c(F)cccc1Cl)C(=O)c1ccc(-c2ccccc2)cc1. The van der Waals surface area contributed by atoms with Gasteiger partial charge < -0.3 is 4.90 Å². The topological polar surface area (TPSA) is 20.3 Å². The maximum absolute atomic E-state index is 13.9. The van der Waals surface area contributed by atoms with Crippen LogP contribution in [0.2, 0.25) is 5.02 Å². The van der Waals surface area contributed by atoms with Crippen molar-refractivity contribution in [1.82, 2.24) is 4.90 Å². The molecule has 3 aromatic rings. The van der Waals surface area contributed by atoms with Gasteiger partial charge >= 0.3 is 0 Å². The standard InChI is InChI=1S/C21H17ClFNO/c1-24(14-18-19(22)8-5-9-20(18)23)21(25)17-12-10-16(11-13-17)15-6-3-2-4-7-15/h2-13H,14H2,1H3. The summed E-state index contributed by atoms with van der Waals surface area (Å²) in [5.74, 6) is -0.592. The first-order valence-electron chi connectivity index (χ1n) is 7.90. The summed E-state index contributed by atoms with van der Waals surface area (Å²) >= 11 is 6.03. The van der Waals surface area contributed by atoms with Crippen LogP contribution in [0.25, 0.3) is 11.1 Å². The molecule has 0 aliphatic rings. The van der Waals surface area contributed by atoms with Gasteiger partial charge in [0.05, 0.1) is 0 Å². The zero-order valence-electron chi connectivity index (χ0n) is 13.7. The van der Waals surface area contributed by atoms with E-state index >= 15 is 0 Å². The summed E-state index contributed by atoms with van der Waals surface area (Å²) in [5, 5.41) is 0.319. The Hall–Kier alpha value is -2.65. The van der Waals surface area contributed by atoms with Crippen LogP contribution >= 0.6 is 11.6 Å². The predicted molar refractivity (Wildman–Crippen MR) is 99.1 cm³/mol. The van der Waals surface area contributed by atoms with Gasteiger partial charge in [0.25, 0.3) is 5.91 Å². The fraction of sp³-hybridized carbons (Fsp3) is 0.0952. The van der Waals surface area contributed by atoms with E-state index in [1.165, 1.54) is 11.0 Å². The minimum absolute atomic E-state index is 0.116. The summed E-state index contributed by atoms with van der Waals surface area (Å²) in [6.07, 6.45) is 0. The first-order valence-corrected chi connectivity index (χ1v) is 8.28. The van der Waals surface area contributed by atoms with Crippen LogP contribution in [0.5, 0.6) is 0 Å². The van der Waals surface area contributed by atoms with Crippen LogP contribution in [-0.2, 0) is 6.54 Å². The van der Waals surface area contributed by atoms with Gasteiger partial charge in [-0.15, -0.1) is 0 Å². The van der Waals surface area contributed by atoms with Crippen molar-refractivity contribution < 1.29 is 9.18 Å².